The molecular weight excluding hydrogens is 417 g/mol. The van der Waals surface area contributed by atoms with Gasteiger partial charge in [0.15, 0.2) is 5.96 Å². The lowest BCUT2D eigenvalue weighted by Crippen LogP contribution is -2.38. The van der Waals surface area contributed by atoms with E-state index in [2.05, 4.69) is 20.6 Å². The summed E-state index contributed by atoms with van der Waals surface area (Å²) in [6.45, 7) is 3.44. The van der Waals surface area contributed by atoms with Crippen molar-refractivity contribution in [2.24, 2.45) is 4.99 Å². The topological polar surface area (TPSA) is 89.6 Å². The molecule has 0 atom stereocenters. The maximum Gasteiger partial charge on any atom is 0.242 e. The van der Waals surface area contributed by atoms with Crippen LogP contribution in [0.4, 0.5) is 4.39 Å². The quantitative estimate of drug-likeness (QED) is 0.367. The van der Waals surface area contributed by atoms with Gasteiger partial charge in [0.05, 0.1) is 11.4 Å². The lowest BCUT2D eigenvalue weighted by molar-refractivity contribution is 0.519. The van der Waals surface area contributed by atoms with Crippen LogP contribution in [0.3, 0.4) is 0 Å². The number of hydrogen-bond donors (Lipinski definition) is 3. The Morgan fingerprint density at radius 1 is 1.13 bits per heavy atom. The van der Waals surface area contributed by atoms with Crippen LogP contribution in [0.15, 0.2) is 58.5 Å². The molecule has 0 fully saturated rings. The number of nitrogens with one attached hydrogen (secondary N) is 3. The summed E-state index contributed by atoms with van der Waals surface area (Å²) in [6, 6.07) is 11.6. The molecule has 0 aliphatic heterocycles. The second-order valence-corrected chi connectivity index (χ2v) is 9.39. The maximum atomic E-state index is 13.6. The first-order valence-electron chi connectivity index (χ1n) is 10.1. The third-order valence-corrected chi connectivity index (χ3v) is 6.81. The zero-order valence-electron chi connectivity index (χ0n) is 17.9. The number of H-pyrrole nitrogens is 1. The van der Waals surface area contributed by atoms with Crippen LogP contribution in [0.5, 0.6) is 0 Å². The molecule has 0 spiro atoms. The molecule has 7 nitrogen and oxygen atoms in total. The third-order valence-electron chi connectivity index (χ3n) is 4.90. The Balaban J connectivity index is 1.71. The molecule has 0 saturated carbocycles. The summed E-state index contributed by atoms with van der Waals surface area (Å²) in [5.41, 5.74) is 2.54. The van der Waals surface area contributed by atoms with Crippen LogP contribution in [-0.4, -0.2) is 50.9 Å². The fourth-order valence-electron chi connectivity index (χ4n) is 3.26. The predicted molar refractivity (Wildman–Crippen MR) is 122 cm³/mol. The highest BCUT2D eigenvalue weighted by atomic mass is 32.2. The van der Waals surface area contributed by atoms with Crippen molar-refractivity contribution in [3.05, 3.63) is 65.6 Å². The number of fused-ring (bicyclic) bond motifs is 1. The third kappa shape index (κ3) is 5.42. The van der Waals surface area contributed by atoms with Gasteiger partial charge in [-0.2, -0.15) is 0 Å². The molecule has 3 aromatic rings. The maximum absolute atomic E-state index is 13.6. The molecule has 0 amide bonds. The Kier molecular flexibility index (Phi) is 7.29. The van der Waals surface area contributed by atoms with Gasteiger partial charge in [-0.25, -0.2) is 22.1 Å². The number of aromatic nitrogens is 1. The normalized spacial score (nSPS) is 12.5. The van der Waals surface area contributed by atoms with Crippen molar-refractivity contribution >= 4 is 26.9 Å². The molecule has 0 unspecified atom stereocenters. The van der Waals surface area contributed by atoms with E-state index in [4.69, 9.17) is 0 Å². The first-order chi connectivity index (χ1) is 14.8. The summed E-state index contributed by atoms with van der Waals surface area (Å²) in [6.07, 6.45) is 2.57. The van der Waals surface area contributed by atoms with E-state index < -0.39 is 10.0 Å². The van der Waals surface area contributed by atoms with Crippen molar-refractivity contribution in [2.75, 3.05) is 27.2 Å². The molecule has 3 N–H and O–H groups in total. The van der Waals surface area contributed by atoms with E-state index in [1.54, 1.807) is 30.3 Å². The van der Waals surface area contributed by atoms with Gasteiger partial charge in [0.2, 0.25) is 10.0 Å². The highest BCUT2D eigenvalue weighted by Crippen LogP contribution is 2.20. The Hall–Kier alpha value is -2.91. The lowest BCUT2D eigenvalue weighted by atomic mass is 10.1. The minimum atomic E-state index is -3.55. The minimum absolute atomic E-state index is 0.219. The molecule has 0 radical (unpaired) electrons. The van der Waals surface area contributed by atoms with Gasteiger partial charge >= 0.3 is 0 Å². The minimum Gasteiger partial charge on any atom is -0.361 e. The van der Waals surface area contributed by atoms with Gasteiger partial charge in [0.1, 0.15) is 5.82 Å². The van der Waals surface area contributed by atoms with Crippen LogP contribution in [0.1, 0.15) is 18.1 Å². The van der Waals surface area contributed by atoms with Gasteiger partial charge in [-0.15, -0.1) is 0 Å². The van der Waals surface area contributed by atoms with Crippen LogP contribution in [0.25, 0.3) is 10.9 Å². The van der Waals surface area contributed by atoms with Gasteiger partial charge in [0, 0.05) is 44.3 Å². The van der Waals surface area contributed by atoms with E-state index in [-0.39, 0.29) is 17.3 Å². The molecule has 1 aromatic heterocycles. The largest absolute Gasteiger partial charge is 0.361 e. The molecule has 0 aliphatic carbocycles. The summed E-state index contributed by atoms with van der Waals surface area (Å²) in [4.78, 5) is 7.96. The number of nitrogens with zero attached hydrogens (tertiary/aromatic N) is 2. The molecule has 0 bridgehead atoms. The molecule has 9 heteroatoms. The van der Waals surface area contributed by atoms with Crippen molar-refractivity contribution in [3.8, 4) is 0 Å². The fraction of sp³-hybridized carbons (Fsp3) is 0.318. The number of aromatic amines is 1. The second kappa shape index (κ2) is 9.93. The van der Waals surface area contributed by atoms with E-state index in [0.717, 1.165) is 16.5 Å². The summed E-state index contributed by atoms with van der Waals surface area (Å²) in [7, 11) is -0.526. The van der Waals surface area contributed by atoms with Crippen LogP contribution in [-0.2, 0) is 23.0 Å². The Labute approximate surface area is 182 Å². The zero-order valence-corrected chi connectivity index (χ0v) is 18.8. The first kappa shape index (κ1) is 22.8. The summed E-state index contributed by atoms with van der Waals surface area (Å²) >= 11 is 0. The summed E-state index contributed by atoms with van der Waals surface area (Å²) in [5.74, 6) is 0.327. The Morgan fingerprint density at radius 2 is 1.90 bits per heavy atom. The first-order valence-corrected chi connectivity index (χ1v) is 11.5. The van der Waals surface area contributed by atoms with Crippen molar-refractivity contribution in [1.82, 2.24) is 19.9 Å². The molecule has 3 rings (SSSR count). The average molecular weight is 446 g/mol. The highest BCUT2D eigenvalue weighted by Gasteiger charge is 2.20. The monoisotopic (exact) mass is 445 g/mol. The van der Waals surface area contributed by atoms with E-state index in [1.807, 2.05) is 13.1 Å². The standard InChI is InChI=1S/C22H28FN5O2S/c1-4-24-22(25-12-11-16-14-26-20-10-9-18(23)13-19(16)20)27-15-17-7-5-6-8-21(17)31(29,30)28(2)3/h5-10,13-14,26H,4,11-12,15H2,1-3H3,(H2,24,25,27). The summed E-state index contributed by atoms with van der Waals surface area (Å²) in [5, 5.41) is 7.30. The smallest absolute Gasteiger partial charge is 0.242 e. The van der Waals surface area contributed by atoms with Crippen molar-refractivity contribution < 1.29 is 12.8 Å². The van der Waals surface area contributed by atoms with Crippen molar-refractivity contribution in [3.63, 3.8) is 0 Å². The number of rotatable bonds is 8. The number of aliphatic imine (C=N–C) groups is 1. The van der Waals surface area contributed by atoms with E-state index in [9.17, 15) is 12.8 Å². The van der Waals surface area contributed by atoms with E-state index in [1.165, 1.54) is 30.5 Å². The lowest BCUT2D eigenvalue weighted by Gasteiger charge is -2.15. The SMILES string of the molecule is CCNC(=NCc1ccccc1S(=O)(=O)N(C)C)NCCc1c[nH]c2ccc(F)cc12. The molecule has 2 aromatic carbocycles. The number of halogens is 1. The van der Waals surface area contributed by atoms with Gasteiger partial charge in [0.25, 0.3) is 0 Å². The van der Waals surface area contributed by atoms with E-state index >= 15 is 0 Å². The van der Waals surface area contributed by atoms with Gasteiger partial charge in [-0.1, -0.05) is 18.2 Å². The second-order valence-electron chi connectivity index (χ2n) is 7.27. The molecule has 0 saturated heterocycles. The van der Waals surface area contributed by atoms with Crippen LogP contribution in [0, 0.1) is 5.82 Å². The average Bonchev–Trinajstić information content (AvgIpc) is 3.14. The van der Waals surface area contributed by atoms with E-state index in [0.29, 0.717) is 31.0 Å². The Morgan fingerprint density at radius 3 is 2.65 bits per heavy atom. The Bertz CT molecular complexity index is 1170. The number of sulfonamides is 1. The molecule has 1 heterocycles. The van der Waals surface area contributed by atoms with Gasteiger partial charge in [-0.05, 0) is 48.7 Å². The highest BCUT2D eigenvalue weighted by molar-refractivity contribution is 7.89. The molecule has 166 valence electrons. The van der Waals surface area contributed by atoms with Crippen LogP contribution >= 0.6 is 0 Å². The molecular formula is C22H28FN5O2S. The molecule has 0 aliphatic rings. The zero-order chi connectivity index (χ0) is 22.4. The van der Waals surface area contributed by atoms with Crippen molar-refractivity contribution in [1.29, 1.82) is 0 Å². The number of hydrogen-bond acceptors (Lipinski definition) is 3. The predicted octanol–water partition coefficient (Wildman–Crippen LogP) is 2.86. The number of benzene rings is 2. The molecule has 31 heavy (non-hydrogen) atoms. The van der Waals surface area contributed by atoms with Gasteiger partial charge < -0.3 is 15.6 Å². The fourth-order valence-corrected chi connectivity index (χ4v) is 4.37. The van der Waals surface area contributed by atoms with Gasteiger partial charge in [-0.3, -0.25) is 0 Å². The summed E-state index contributed by atoms with van der Waals surface area (Å²) < 4.78 is 39.9. The van der Waals surface area contributed by atoms with Crippen LogP contribution in [0.2, 0.25) is 0 Å². The number of guanidine groups is 1. The van der Waals surface area contributed by atoms with Crippen LogP contribution < -0.4 is 10.6 Å². The van der Waals surface area contributed by atoms with Crippen molar-refractivity contribution in [2.45, 2.75) is 24.8 Å².